The van der Waals surface area contributed by atoms with Gasteiger partial charge in [-0.3, -0.25) is 0 Å². The predicted octanol–water partition coefficient (Wildman–Crippen LogP) is 2.80. The molecule has 3 rings (SSSR count). The Hall–Kier alpha value is -1.68. The van der Waals surface area contributed by atoms with Gasteiger partial charge < -0.3 is 10.3 Å². The molecule has 1 aromatic carbocycles. The molecule has 0 saturated carbocycles. The molecule has 0 radical (unpaired) electrons. The number of aryl methyl sites for hydroxylation is 1. The van der Waals surface area contributed by atoms with Crippen LogP contribution in [0.3, 0.4) is 0 Å². The van der Waals surface area contributed by atoms with Crippen LogP contribution >= 0.6 is 0 Å². The topological polar surface area (TPSA) is 64.9 Å². The Labute approximate surface area is 113 Å². The Kier molecular flexibility index (Phi) is 3.11. The molecule has 2 unspecified atom stereocenters. The highest BCUT2D eigenvalue weighted by Gasteiger charge is 2.28. The Morgan fingerprint density at radius 1 is 1.32 bits per heavy atom. The van der Waals surface area contributed by atoms with Crippen LogP contribution in [0.15, 0.2) is 28.8 Å². The molecular formula is C15H19N3O. The van der Waals surface area contributed by atoms with Crippen molar-refractivity contribution in [3.05, 3.63) is 47.1 Å². The van der Waals surface area contributed by atoms with Crippen molar-refractivity contribution in [3.8, 4) is 0 Å². The summed E-state index contributed by atoms with van der Waals surface area (Å²) in [5.41, 5.74) is 8.77. The minimum absolute atomic E-state index is 0.183. The van der Waals surface area contributed by atoms with Gasteiger partial charge in [0.1, 0.15) is 0 Å². The second kappa shape index (κ2) is 4.78. The lowest BCUT2D eigenvalue weighted by Gasteiger charge is -2.09. The average Bonchev–Trinajstić information content (AvgIpc) is 3.03. The van der Waals surface area contributed by atoms with E-state index in [-0.39, 0.29) is 12.0 Å². The molecule has 100 valence electrons. The molecule has 1 aliphatic carbocycles. The van der Waals surface area contributed by atoms with E-state index in [0.29, 0.717) is 11.8 Å². The van der Waals surface area contributed by atoms with Crippen molar-refractivity contribution in [1.82, 2.24) is 10.1 Å². The molecule has 2 N–H and O–H groups in total. The van der Waals surface area contributed by atoms with Crippen molar-refractivity contribution >= 4 is 0 Å². The first-order valence-electron chi connectivity index (χ1n) is 6.83. The zero-order valence-electron chi connectivity index (χ0n) is 11.3. The summed E-state index contributed by atoms with van der Waals surface area (Å²) in [5, 5.41) is 4.13. The first kappa shape index (κ1) is 12.4. The summed E-state index contributed by atoms with van der Waals surface area (Å²) < 4.78 is 5.33. The maximum atomic E-state index is 6.05. The number of nitrogens with two attached hydrogens (primary N) is 1. The van der Waals surface area contributed by atoms with E-state index in [0.717, 1.165) is 18.7 Å². The smallest absolute Gasteiger partial charge is 0.243 e. The van der Waals surface area contributed by atoms with E-state index in [1.165, 1.54) is 11.1 Å². The largest absolute Gasteiger partial charge is 0.338 e. The molecule has 1 aliphatic rings. The predicted molar refractivity (Wildman–Crippen MR) is 72.7 cm³/mol. The van der Waals surface area contributed by atoms with Gasteiger partial charge in [0.05, 0.1) is 6.04 Å². The fourth-order valence-electron chi connectivity index (χ4n) is 2.63. The Morgan fingerprint density at radius 3 is 2.89 bits per heavy atom. The van der Waals surface area contributed by atoms with E-state index in [2.05, 4.69) is 48.3 Å². The number of rotatable bonds is 3. The van der Waals surface area contributed by atoms with Crippen LogP contribution in [0.1, 0.15) is 55.1 Å². The summed E-state index contributed by atoms with van der Waals surface area (Å²) >= 11 is 0. The minimum atomic E-state index is -0.183. The maximum Gasteiger partial charge on any atom is 0.243 e. The van der Waals surface area contributed by atoms with Gasteiger partial charge in [-0.1, -0.05) is 43.3 Å². The summed E-state index contributed by atoms with van der Waals surface area (Å²) in [6.45, 7) is 4.11. The third-order valence-electron chi connectivity index (χ3n) is 3.91. The van der Waals surface area contributed by atoms with Gasteiger partial charge in [-0.05, 0) is 29.9 Å². The molecule has 1 aromatic heterocycles. The van der Waals surface area contributed by atoms with Crippen molar-refractivity contribution in [2.45, 2.75) is 38.6 Å². The maximum absolute atomic E-state index is 6.05. The van der Waals surface area contributed by atoms with Crippen molar-refractivity contribution in [3.63, 3.8) is 0 Å². The van der Waals surface area contributed by atoms with Crippen LogP contribution in [-0.2, 0) is 6.42 Å². The molecule has 0 spiro atoms. The number of hydrogen-bond donors (Lipinski definition) is 1. The molecular weight excluding hydrogens is 238 g/mol. The number of nitrogens with zero attached hydrogens (tertiary/aromatic N) is 2. The van der Waals surface area contributed by atoms with Crippen molar-refractivity contribution in [2.24, 2.45) is 11.7 Å². The van der Waals surface area contributed by atoms with Crippen LogP contribution in [0.25, 0.3) is 0 Å². The Morgan fingerprint density at radius 2 is 2.11 bits per heavy atom. The summed E-state index contributed by atoms with van der Waals surface area (Å²) in [5.74, 6) is 1.88. The number of fused-ring (bicyclic) bond motifs is 1. The highest BCUT2D eigenvalue weighted by atomic mass is 16.5. The van der Waals surface area contributed by atoms with Gasteiger partial charge in [0.15, 0.2) is 5.82 Å². The van der Waals surface area contributed by atoms with Crippen LogP contribution in [0.2, 0.25) is 0 Å². The molecule has 0 fully saturated rings. The fraction of sp³-hybridized carbons (Fsp3) is 0.467. The molecule has 0 amide bonds. The average molecular weight is 257 g/mol. The van der Waals surface area contributed by atoms with Gasteiger partial charge >= 0.3 is 0 Å². The molecule has 19 heavy (non-hydrogen) atoms. The highest BCUT2D eigenvalue weighted by molar-refractivity contribution is 5.38. The Balaban J connectivity index is 1.89. The van der Waals surface area contributed by atoms with Gasteiger partial charge in [-0.25, -0.2) is 0 Å². The van der Waals surface area contributed by atoms with E-state index >= 15 is 0 Å². The molecule has 1 heterocycles. The van der Waals surface area contributed by atoms with Crippen molar-refractivity contribution in [1.29, 1.82) is 0 Å². The molecule has 4 nitrogen and oxygen atoms in total. The van der Waals surface area contributed by atoms with E-state index < -0.39 is 0 Å². The van der Waals surface area contributed by atoms with Crippen molar-refractivity contribution < 1.29 is 4.52 Å². The second-order valence-corrected chi connectivity index (χ2v) is 5.55. The zero-order valence-corrected chi connectivity index (χ0v) is 11.3. The summed E-state index contributed by atoms with van der Waals surface area (Å²) in [7, 11) is 0. The molecule has 4 heteroatoms. The van der Waals surface area contributed by atoms with E-state index in [9.17, 15) is 0 Å². The number of aromatic nitrogens is 2. The molecule has 2 atom stereocenters. The highest BCUT2D eigenvalue weighted by Crippen LogP contribution is 2.36. The minimum Gasteiger partial charge on any atom is -0.338 e. The lowest BCUT2D eigenvalue weighted by molar-refractivity contribution is 0.321. The SMILES string of the molecule is CC(C)C(N)c1nc(C2CCc3ccccc32)no1. The van der Waals surface area contributed by atoms with Crippen molar-refractivity contribution in [2.75, 3.05) is 0 Å². The summed E-state index contributed by atoms with van der Waals surface area (Å²) in [4.78, 5) is 4.51. The van der Waals surface area contributed by atoms with E-state index in [4.69, 9.17) is 10.3 Å². The third-order valence-corrected chi connectivity index (χ3v) is 3.91. The van der Waals surface area contributed by atoms with E-state index in [1.54, 1.807) is 0 Å². The molecule has 0 aliphatic heterocycles. The zero-order chi connectivity index (χ0) is 13.4. The van der Waals surface area contributed by atoms with Gasteiger partial charge in [0, 0.05) is 5.92 Å². The first-order valence-corrected chi connectivity index (χ1v) is 6.83. The summed E-state index contributed by atoms with van der Waals surface area (Å²) in [6.07, 6.45) is 2.14. The van der Waals surface area contributed by atoms with Crippen LogP contribution in [0, 0.1) is 5.92 Å². The number of benzene rings is 1. The normalized spacial score (nSPS) is 19.7. The lowest BCUT2D eigenvalue weighted by atomic mass is 10.0. The van der Waals surface area contributed by atoms with Gasteiger partial charge in [-0.2, -0.15) is 4.98 Å². The standard InChI is InChI=1S/C15H19N3O/c1-9(2)13(16)15-17-14(18-19-15)12-8-7-10-5-3-4-6-11(10)12/h3-6,9,12-13H,7-8,16H2,1-2H3. The quantitative estimate of drug-likeness (QED) is 0.918. The van der Waals surface area contributed by atoms with Crippen LogP contribution in [0.5, 0.6) is 0 Å². The van der Waals surface area contributed by atoms with Gasteiger partial charge in [0.25, 0.3) is 0 Å². The molecule has 0 saturated heterocycles. The van der Waals surface area contributed by atoms with E-state index in [1.807, 2.05) is 0 Å². The van der Waals surface area contributed by atoms with Gasteiger partial charge in [-0.15, -0.1) is 0 Å². The Bertz CT molecular complexity index is 576. The monoisotopic (exact) mass is 257 g/mol. The lowest BCUT2D eigenvalue weighted by Crippen LogP contribution is -2.17. The van der Waals surface area contributed by atoms with Gasteiger partial charge in [0.2, 0.25) is 5.89 Å². The van der Waals surface area contributed by atoms with Crippen LogP contribution in [0.4, 0.5) is 0 Å². The molecule has 2 aromatic rings. The molecule has 0 bridgehead atoms. The third kappa shape index (κ3) is 2.16. The number of hydrogen-bond acceptors (Lipinski definition) is 4. The summed E-state index contributed by atoms with van der Waals surface area (Å²) in [6, 6.07) is 8.30. The van der Waals surface area contributed by atoms with Crippen LogP contribution in [-0.4, -0.2) is 10.1 Å². The first-order chi connectivity index (χ1) is 9.16. The second-order valence-electron chi connectivity index (χ2n) is 5.55. The fourth-order valence-corrected chi connectivity index (χ4v) is 2.63. The van der Waals surface area contributed by atoms with Crippen LogP contribution < -0.4 is 5.73 Å².